The summed E-state index contributed by atoms with van der Waals surface area (Å²) in [5.74, 6) is 0. The summed E-state index contributed by atoms with van der Waals surface area (Å²) in [7, 11) is 0. The third-order valence-electron chi connectivity index (χ3n) is 3.43. The summed E-state index contributed by atoms with van der Waals surface area (Å²) in [6.45, 7) is 2.43. The van der Waals surface area contributed by atoms with E-state index >= 15 is 0 Å². The Bertz CT molecular complexity index is 755. The van der Waals surface area contributed by atoms with Crippen molar-refractivity contribution >= 4 is 0 Å². The monoisotopic (exact) mass is 264 g/mol. The first-order chi connectivity index (χ1) is 9.75. The third kappa shape index (κ3) is 2.30. The van der Waals surface area contributed by atoms with Gasteiger partial charge in [-0.05, 0) is 18.1 Å². The fraction of sp³-hybridized carbons (Fsp3) is 0.118. The number of hydrogen-bond donors (Lipinski definition) is 1. The number of nitrogens with one attached hydrogen (secondary N) is 1. The second-order valence-corrected chi connectivity index (χ2v) is 4.85. The van der Waals surface area contributed by atoms with Crippen LogP contribution in [0, 0.1) is 6.92 Å². The van der Waals surface area contributed by atoms with Gasteiger partial charge in [-0.25, -0.2) is 4.68 Å². The van der Waals surface area contributed by atoms with Gasteiger partial charge in [0.05, 0.1) is 12.2 Å². The smallest absolute Gasteiger partial charge is 0.270 e. The highest BCUT2D eigenvalue weighted by atomic mass is 16.1. The molecule has 20 heavy (non-hydrogen) atoms. The van der Waals surface area contributed by atoms with Crippen molar-refractivity contribution in [1.29, 1.82) is 0 Å². The zero-order valence-corrected chi connectivity index (χ0v) is 11.3. The highest BCUT2D eigenvalue weighted by molar-refractivity contribution is 5.62. The van der Waals surface area contributed by atoms with Gasteiger partial charge in [-0.1, -0.05) is 60.7 Å². The molecule has 3 heteroatoms. The first-order valence-electron chi connectivity index (χ1n) is 6.64. The first-order valence-corrected chi connectivity index (χ1v) is 6.64. The molecule has 3 nitrogen and oxygen atoms in total. The van der Waals surface area contributed by atoms with Crippen LogP contribution in [0.1, 0.15) is 11.1 Å². The van der Waals surface area contributed by atoms with Crippen molar-refractivity contribution in [2.45, 2.75) is 13.5 Å². The highest BCUT2D eigenvalue weighted by Crippen LogP contribution is 2.18. The Kier molecular flexibility index (Phi) is 3.25. The van der Waals surface area contributed by atoms with Crippen LogP contribution in [-0.4, -0.2) is 9.78 Å². The van der Waals surface area contributed by atoms with Crippen molar-refractivity contribution < 1.29 is 0 Å². The van der Waals surface area contributed by atoms with E-state index < -0.39 is 0 Å². The summed E-state index contributed by atoms with van der Waals surface area (Å²) in [4.78, 5) is 12.3. The number of rotatable bonds is 3. The van der Waals surface area contributed by atoms with Crippen molar-refractivity contribution in [1.82, 2.24) is 9.78 Å². The topological polar surface area (TPSA) is 37.8 Å². The van der Waals surface area contributed by atoms with Crippen LogP contribution in [0.4, 0.5) is 0 Å². The molecule has 0 unspecified atom stereocenters. The van der Waals surface area contributed by atoms with E-state index in [0.29, 0.717) is 6.54 Å². The molecule has 3 aromatic rings. The van der Waals surface area contributed by atoms with Crippen molar-refractivity contribution in [3.8, 4) is 11.3 Å². The summed E-state index contributed by atoms with van der Waals surface area (Å²) in [5, 5.41) is 3.22. The molecule has 0 saturated heterocycles. The molecule has 1 N–H and O–H groups in total. The SMILES string of the molecule is Cc1c(-c2ccccc2)[nH]n(Cc2ccccc2)c1=O. The maximum absolute atomic E-state index is 12.3. The predicted octanol–water partition coefficient (Wildman–Crippen LogP) is 3.20. The van der Waals surface area contributed by atoms with E-state index in [-0.39, 0.29) is 5.56 Å². The number of benzene rings is 2. The minimum Gasteiger partial charge on any atom is -0.294 e. The molecule has 1 heterocycles. The van der Waals surface area contributed by atoms with E-state index in [9.17, 15) is 4.79 Å². The molecule has 0 amide bonds. The highest BCUT2D eigenvalue weighted by Gasteiger charge is 2.11. The summed E-state index contributed by atoms with van der Waals surface area (Å²) >= 11 is 0. The molecule has 2 aromatic carbocycles. The van der Waals surface area contributed by atoms with E-state index in [4.69, 9.17) is 0 Å². The molecule has 0 fully saturated rings. The van der Waals surface area contributed by atoms with Crippen molar-refractivity contribution in [3.05, 3.63) is 82.1 Å². The van der Waals surface area contributed by atoms with Crippen molar-refractivity contribution in [3.63, 3.8) is 0 Å². The molecule has 0 aliphatic heterocycles. The minimum atomic E-state index is 0.0349. The molecule has 3 rings (SSSR count). The number of aromatic nitrogens is 2. The molecule has 0 aliphatic carbocycles. The maximum Gasteiger partial charge on any atom is 0.270 e. The van der Waals surface area contributed by atoms with Crippen LogP contribution in [0.25, 0.3) is 11.3 Å². The molecule has 0 bridgehead atoms. The second kappa shape index (κ2) is 5.21. The lowest BCUT2D eigenvalue weighted by Gasteiger charge is -2.02. The van der Waals surface area contributed by atoms with E-state index in [1.54, 1.807) is 4.68 Å². The normalized spacial score (nSPS) is 10.7. The molecule has 0 saturated carbocycles. The van der Waals surface area contributed by atoms with Gasteiger partial charge in [-0.2, -0.15) is 0 Å². The van der Waals surface area contributed by atoms with Gasteiger partial charge in [0.2, 0.25) is 0 Å². The number of aromatic amines is 1. The predicted molar refractivity (Wildman–Crippen MR) is 80.8 cm³/mol. The van der Waals surface area contributed by atoms with Crippen LogP contribution in [-0.2, 0) is 6.54 Å². The Morgan fingerprint density at radius 2 is 1.55 bits per heavy atom. The van der Waals surface area contributed by atoms with E-state index in [0.717, 1.165) is 22.4 Å². The lowest BCUT2D eigenvalue weighted by Crippen LogP contribution is -2.18. The Balaban J connectivity index is 2.01. The lowest BCUT2D eigenvalue weighted by molar-refractivity contribution is 0.665. The number of H-pyrrole nitrogens is 1. The number of hydrogen-bond acceptors (Lipinski definition) is 1. The molecule has 100 valence electrons. The molecular weight excluding hydrogens is 248 g/mol. The van der Waals surface area contributed by atoms with E-state index in [1.807, 2.05) is 67.6 Å². The minimum absolute atomic E-state index is 0.0349. The quantitative estimate of drug-likeness (QED) is 0.775. The molecule has 0 spiro atoms. The van der Waals surface area contributed by atoms with Crippen LogP contribution in [0.15, 0.2) is 65.5 Å². The van der Waals surface area contributed by atoms with Gasteiger partial charge in [0.1, 0.15) is 0 Å². The van der Waals surface area contributed by atoms with Gasteiger partial charge in [-0.3, -0.25) is 9.89 Å². The van der Waals surface area contributed by atoms with E-state index in [1.165, 1.54) is 0 Å². The zero-order chi connectivity index (χ0) is 13.9. The summed E-state index contributed by atoms with van der Waals surface area (Å²) in [6, 6.07) is 19.9. The Labute approximate surface area is 117 Å². The fourth-order valence-corrected chi connectivity index (χ4v) is 2.34. The summed E-state index contributed by atoms with van der Waals surface area (Å²) in [5.41, 5.74) is 3.83. The second-order valence-electron chi connectivity index (χ2n) is 4.85. The van der Waals surface area contributed by atoms with Gasteiger partial charge in [0.25, 0.3) is 5.56 Å². The Morgan fingerprint density at radius 3 is 2.20 bits per heavy atom. The average molecular weight is 264 g/mol. The van der Waals surface area contributed by atoms with Gasteiger partial charge < -0.3 is 0 Å². The molecule has 0 atom stereocenters. The van der Waals surface area contributed by atoms with Gasteiger partial charge >= 0.3 is 0 Å². The van der Waals surface area contributed by atoms with Crippen LogP contribution < -0.4 is 5.56 Å². The average Bonchev–Trinajstić information content (AvgIpc) is 2.78. The molecule has 0 aliphatic rings. The van der Waals surface area contributed by atoms with Gasteiger partial charge in [-0.15, -0.1) is 0 Å². The number of nitrogens with zero attached hydrogens (tertiary/aromatic N) is 1. The van der Waals surface area contributed by atoms with Crippen molar-refractivity contribution in [2.24, 2.45) is 0 Å². The fourth-order valence-electron chi connectivity index (χ4n) is 2.34. The Hall–Kier alpha value is -2.55. The third-order valence-corrected chi connectivity index (χ3v) is 3.43. The van der Waals surface area contributed by atoms with Crippen LogP contribution in [0.2, 0.25) is 0 Å². The van der Waals surface area contributed by atoms with Crippen LogP contribution in [0.5, 0.6) is 0 Å². The maximum atomic E-state index is 12.3. The van der Waals surface area contributed by atoms with Crippen LogP contribution >= 0.6 is 0 Å². The largest absolute Gasteiger partial charge is 0.294 e. The lowest BCUT2D eigenvalue weighted by atomic mass is 10.1. The summed E-state index contributed by atoms with van der Waals surface area (Å²) in [6.07, 6.45) is 0. The summed E-state index contributed by atoms with van der Waals surface area (Å²) < 4.78 is 1.66. The van der Waals surface area contributed by atoms with Crippen molar-refractivity contribution in [2.75, 3.05) is 0 Å². The Morgan fingerprint density at radius 1 is 0.950 bits per heavy atom. The first kappa shape index (κ1) is 12.5. The molecular formula is C17H16N2O. The van der Waals surface area contributed by atoms with Gasteiger partial charge in [0, 0.05) is 5.56 Å². The molecule has 1 aromatic heterocycles. The van der Waals surface area contributed by atoms with Crippen LogP contribution in [0.3, 0.4) is 0 Å². The van der Waals surface area contributed by atoms with E-state index in [2.05, 4.69) is 5.10 Å². The molecule has 0 radical (unpaired) electrons. The van der Waals surface area contributed by atoms with Gasteiger partial charge in [0.15, 0.2) is 0 Å². The zero-order valence-electron chi connectivity index (χ0n) is 11.3. The standard InChI is InChI=1S/C17H16N2O/c1-13-16(15-10-6-3-7-11-15)18-19(17(13)20)12-14-8-4-2-5-9-14/h2-11,18H,12H2,1H3.